The summed E-state index contributed by atoms with van der Waals surface area (Å²) in [5.41, 5.74) is 1.21. The number of hydrogen-bond donors (Lipinski definition) is 2. The zero-order chi connectivity index (χ0) is 12.8. The number of aliphatic hydroxyl groups excluding tert-OH is 1. The van der Waals surface area contributed by atoms with Gasteiger partial charge >= 0.3 is 0 Å². The highest BCUT2D eigenvalue weighted by molar-refractivity contribution is 5.03. The number of nitrogens with zero attached hydrogens (tertiary/aromatic N) is 2. The fraction of sp³-hybridized carbons (Fsp3) is 0.786. The summed E-state index contributed by atoms with van der Waals surface area (Å²) in [4.78, 5) is 0. The molecule has 0 spiro atoms. The molecule has 4 heteroatoms. The summed E-state index contributed by atoms with van der Waals surface area (Å²) in [6.45, 7) is 3.93. The number of nitrogens with one attached hydrogen (secondary N) is 1. The highest BCUT2D eigenvalue weighted by Gasteiger charge is 2.19. The molecule has 0 aliphatic heterocycles. The minimum Gasteiger partial charge on any atom is -0.394 e. The van der Waals surface area contributed by atoms with Crippen molar-refractivity contribution in [3.05, 3.63) is 18.0 Å². The molecule has 18 heavy (non-hydrogen) atoms. The Hall–Kier alpha value is -0.870. The van der Waals surface area contributed by atoms with E-state index in [0.29, 0.717) is 12.6 Å². The van der Waals surface area contributed by atoms with Crippen molar-refractivity contribution >= 4 is 0 Å². The van der Waals surface area contributed by atoms with E-state index >= 15 is 0 Å². The Morgan fingerprint density at radius 3 is 2.83 bits per heavy atom. The van der Waals surface area contributed by atoms with Gasteiger partial charge < -0.3 is 10.4 Å². The minimum absolute atomic E-state index is 0.148. The van der Waals surface area contributed by atoms with Gasteiger partial charge in [0, 0.05) is 24.3 Å². The largest absolute Gasteiger partial charge is 0.394 e. The number of aromatic nitrogens is 2. The summed E-state index contributed by atoms with van der Waals surface area (Å²) in [5, 5.41) is 16.7. The molecule has 1 aliphatic rings. The van der Waals surface area contributed by atoms with Crippen LogP contribution < -0.4 is 5.32 Å². The SMILES string of the molecule is CCC1CCC(NCc2cnn(CCO)c2)CC1. The van der Waals surface area contributed by atoms with Gasteiger partial charge in [-0.1, -0.05) is 13.3 Å². The normalized spacial score (nSPS) is 24.3. The molecule has 0 unspecified atom stereocenters. The highest BCUT2D eigenvalue weighted by atomic mass is 16.3. The molecular weight excluding hydrogens is 226 g/mol. The number of rotatable bonds is 6. The zero-order valence-corrected chi connectivity index (χ0v) is 11.3. The maximum Gasteiger partial charge on any atom is 0.0640 e. The Bertz CT molecular complexity index is 343. The third kappa shape index (κ3) is 3.82. The van der Waals surface area contributed by atoms with Crippen LogP contribution in [0.5, 0.6) is 0 Å². The molecule has 2 N–H and O–H groups in total. The molecule has 0 aromatic carbocycles. The lowest BCUT2D eigenvalue weighted by molar-refractivity contribution is 0.269. The molecule has 0 bridgehead atoms. The molecule has 102 valence electrons. The molecule has 1 saturated carbocycles. The van der Waals surface area contributed by atoms with E-state index in [2.05, 4.69) is 17.3 Å². The third-order valence-electron chi connectivity index (χ3n) is 4.03. The summed E-state index contributed by atoms with van der Waals surface area (Å²) in [7, 11) is 0. The predicted octanol–water partition coefficient (Wildman–Crippen LogP) is 1.93. The van der Waals surface area contributed by atoms with E-state index in [4.69, 9.17) is 5.11 Å². The molecule has 1 fully saturated rings. The second-order valence-corrected chi connectivity index (χ2v) is 5.34. The minimum atomic E-state index is 0.148. The molecule has 0 radical (unpaired) electrons. The van der Waals surface area contributed by atoms with Crippen molar-refractivity contribution in [2.75, 3.05) is 6.61 Å². The Labute approximate surface area is 109 Å². The van der Waals surface area contributed by atoms with Crippen LogP contribution in [-0.4, -0.2) is 27.5 Å². The Morgan fingerprint density at radius 1 is 1.39 bits per heavy atom. The van der Waals surface area contributed by atoms with Crippen LogP contribution >= 0.6 is 0 Å². The lowest BCUT2D eigenvalue weighted by atomic mass is 9.84. The lowest BCUT2D eigenvalue weighted by Crippen LogP contribution is -2.32. The van der Waals surface area contributed by atoms with E-state index in [1.54, 1.807) is 4.68 Å². The van der Waals surface area contributed by atoms with Gasteiger partial charge in [-0.3, -0.25) is 4.68 Å². The lowest BCUT2D eigenvalue weighted by Gasteiger charge is -2.28. The average Bonchev–Trinajstić information content (AvgIpc) is 2.85. The van der Waals surface area contributed by atoms with Gasteiger partial charge in [-0.25, -0.2) is 0 Å². The van der Waals surface area contributed by atoms with E-state index in [0.717, 1.165) is 12.5 Å². The summed E-state index contributed by atoms with van der Waals surface area (Å²) in [5.74, 6) is 0.954. The standard InChI is InChI=1S/C14H25N3O/c1-2-12-3-5-14(6-4-12)15-9-13-10-16-17(11-13)7-8-18/h10-12,14-15,18H,2-9H2,1H3. The summed E-state index contributed by atoms with van der Waals surface area (Å²) in [6, 6.07) is 0.675. The maximum atomic E-state index is 8.83. The topological polar surface area (TPSA) is 50.1 Å². The summed E-state index contributed by atoms with van der Waals surface area (Å²) < 4.78 is 1.80. The second kappa shape index (κ2) is 6.90. The van der Waals surface area contributed by atoms with E-state index in [1.165, 1.54) is 37.7 Å². The average molecular weight is 251 g/mol. The molecular formula is C14H25N3O. The van der Waals surface area contributed by atoms with Crippen molar-refractivity contribution in [1.29, 1.82) is 0 Å². The first-order valence-electron chi connectivity index (χ1n) is 7.17. The van der Waals surface area contributed by atoms with Crippen molar-refractivity contribution in [2.45, 2.75) is 58.2 Å². The van der Waals surface area contributed by atoms with Crippen LogP contribution in [0.3, 0.4) is 0 Å². The Morgan fingerprint density at radius 2 is 2.17 bits per heavy atom. The van der Waals surface area contributed by atoms with Gasteiger partial charge in [-0.2, -0.15) is 5.10 Å². The van der Waals surface area contributed by atoms with E-state index in [1.807, 2.05) is 12.4 Å². The van der Waals surface area contributed by atoms with Crippen molar-refractivity contribution < 1.29 is 5.11 Å². The van der Waals surface area contributed by atoms with Crippen molar-refractivity contribution in [3.63, 3.8) is 0 Å². The van der Waals surface area contributed by atoms with Gasteiger partial charge in [0.05, 0.1) is 19.3 Å². The van der Waals surface area contributed by atoms with Crippen molar-refractivity contribution in [1.82, 2.24) is 15.1 Å². The zero-order valence-electron chi connectivity index (χ0n) is 11.3. The van der Waals surface area contributed by atoms with Gasteiger partial charge in [0.15, 0.2) is 0 Å². The van der Waals surface area contributed by atoms with Crippen LogP contribution in [0, 0.1) is 5.92 Å². The van der Waals surface area contributed by atoms with Gasteiger partial charge in [-0.15, -0.1) is 0 Å². The Kier molecular flexibility index (Phi) is 5.20. The van der Waals surface area contributed by atoms with E-state index in [9.17, 15) is 0 Å². The first-order valence-corrected chi connectivity index (χ1v) is 7.17. The van der Waals surface area contributed by atoms with E-state index < -0.39 is 0 Å². The van der Waals surface area contributed by atoms with Crippen LogP contribution in [0.1, 0.15) is 44.6 Å². The molecule has 1 aromatic heterocycles. The van der Waals surface area contributed by atoms with E-state index in [-0.39, 0.29) is 6.61 Å². The smallest absolute Gasteiger partial charge is 0.0640 e. The van der Waals surface area contributed by atoms with Crippen LogP contribution in [0.25, 0.3) is 0 Å². The third-order valence-corrected chi connectivity index (χ3v) is 4.03. The van der Waals surface area contributed by atoms with Crippen molar-refractivity contribution in [3.8, 4) is 0 Å². The first-order chi connectivity index (χ1) is 8.81. The molecule has 1 aromatic rings. The monoisotopic (exact) mass is 251 g/mol. The Balaban J connectivity index is 1.71. The predicted molar refractivity (Wildman–Crippen MR) is 72.2 cm³/mol. The fourth-order valence-corrected chi connectivity index (χ4v) is 2.76. The van der Waals surface area contributed by atoms with Gasteiger partial charge in [0.1, 0.15) is 0 Å². The summed E-state index contributed by atoms with van der Waals surface area (Å²) in [6.07, 6.45) is 10.6. The molecule has 0 atom stereocenters. The van der Waals surface area contributed by atoms with Crippen molar-refractivity contribution in [2.24, 2.45) is 5.92 Å². The van der Waals surface area contributed by atoms with Crippen LogP contribution in [0.15, 0.2) is 12.4 Å². The van der Waals surface area contributed by atoms with Gasteiger partial charge in [0.25, 0.3) is 0 Å². The maximum absolute atomic E-state index is 8.83. The fourth-order valence-electron chi connectivity index (χ4n) is 2.76. The molecule has 1 aliphatic carbocycles. The molecule has 4 nitrogen and oxygen atoms in total. The van der Waals surface area contributed by atoms with Crippen LogP contribution in [0.2, 0.25) is 0 Å². The molecule has 1 heterocycles. The summed E-state index contributed by atoms with van der Waals surface area (Å²) >= 11 is 0. The number of aliphatic hydroxyl groups is 1. The van der Waals surface area contributed by atoms with Crippen LogP contribution in [0.4, 0.5) is 0 Å². The second-order valence-electron chi connectivity index (χ2n) is 5.34. The molecule has 0 saturated heterocycles. The quantitative estimate of drug-likeness (QED) is 0.812. The molecule has 2 rings (SSSR count). The van der Waals surface area contributed by atoms with Crippen LogP contribution in [-0.2, 0) is 13.1 Å². The number of hydrogen-bond acceptors (Lipinski definition) is 3. The first kappa shape index (κ1) is 13.6. The van der Waals surface area contributed by atoms with Gasteiger partial charge in [-0.05, 0) is 31.6 Å². The molecule has 0 amide bonds. The highest BCUT2D eigenvalue weighted by Crippen LogP contribution is 2.26. The van der Waals surface area contributed by atoms with Gasteiger partial charge in [0.2, 0.25) is 0 Å².